The highest BCUT2D eigenvalue weighted by atomic mass is 32.1. The van der Waals surface area contributed by atoms with Crippen LogP contribution in [0, 0.1) is 12.3 Å². The molecule has 0 aliphatic heterocycles. The van der Waals surface area contributed by atoms with E-state index in [2.05, 4.69) is 97.9 Å². The third-order valence-electron chi connectivity index (χ3n) is 8.76. The van der Waals surface area contributed by atoms with Crippen LogP contribution in [0.5, 0.6) is 0 Å². The Balaban J connectivity index is 0.000000170. The molecule has 0 amide bonds. The van der Waals surface area contributed by atoms with Crippen LogP contribution in [0.1, 0.15) is 16.0 Å². The quantitative estimate of drug-likeness (QED) is 0.178. The normalized spacial score (nSPS) is 11.1. The molecule has 240 valence electrons. The minimum atomic E-state index is 0.495. The van der Waals surface area contributed by atoms with Gasteiger partial charge in [-0.25, -0.2) is 9.97 Å². The average Bonchev–Trinajstić information content (AvgIpc) is 3.74. The summed E-state index contributed by atoms with van der Waals surface area (Å²) in [7, 11) is 0. The number of nitrogens with zero attached hydrogens (tertiary/aromatic N) is 2. The Morgan fingerprint density at radius 3 is 1.74 bits per heavy atom. The van der Waals surface area contributed by atoms with Gasteiger partial charge in [-0.2, -0.15) is 0 Å². The van der Waals surface area contributed by atoms with E-state index in [1.165, 1.54) is 25.7 Å². The first-order chi connectivity index (χ1) is 24.5. The van der Waals surface area contributed by atoms with Crippen molar-refractivity contribution >= 4 is 64.3 Å². The molecule has 50 heavy (non-hydrogen) atoms. The zero-order valence-corrected chi connectivity index (χ0v) is 28.9. The summed E-state index contributed by atoms with van der Waals surface area (Å²) in [5, 5.41) is 11.9. The van der Waals surface area contributed by atoms with Crippen molar-refractivity contribution < 1.29 is 0 Å². The lowest BCUT2D eigenvalue weighted by molar-refractivity contribution is 1.19. The van der Waals surface area contributed by atoms with Gasteiger partial charge >= 0.3 is 0 Å². The van der Waals surface area contributed by atoms with E-state index in [0.29, 0.717) is 11.4 Å². The SMILES string of the molecule is Cc1cccc2sc3cccc(-c4nc(-c5ccccc5)cc(-c5ccccc5)n4)c3c12.N=C(c1ccccc1)c1sc2ccccc2c1N. The van der Waals surface area contributed by atoms with Crippen LogP contribution in [0.25, 0.3) is 64.2 Å². The van der Waals surface area contributed by atoms with Gasteiger partial charge in [0.2, 0.25) is 0 Å². The van der Waals surface area contributed by atoms with Gasteiger partial charge in [0.05, 0.1) is 27.7 Å². The number of fused-ring (bicyclic) bond motifs is 4. The van der Waals surface area contributed by atoms with Crippen LogP contribution >= 0.6 is 22.7 Å². The summed E-state index contributed by atoms with van der Waals surface area (Å²) in [6, 6.07) is 53.5. The van der Waals surface area contributed by atoms with Crippen molar-refractivity contribution in [1.29, 1.82) is 5.41 Å². The number of nitrogens with one attached hydrogen (secondary N) is 1. The van der Waals surface area contributed by atoms with E-state index in [1.807, 2.05) is 78.1 Å². The second kappa shape index (κ2) is 13.5. The smallest absolute Gasteiger partial charge is 0.161 e. The van der Waals surface area contributed by atoms with Crippen LogP contribution in [-0.2, 0) is 0 Å². The van der Waals surface area contributed by atoms with Gasteiger partial charge in [-0.1, -0.05) is 133 Å². The van der Waals surface area contributed by atoms with Crippen molar-refractivity contribution in [2.45, 2.75) is 6.92 Å². The van der Waals surface area contributed by atoms with Gasteiger partial charge in [0, 0.05) is 52.5 Å². The van der Waals surface area contributed by atoms with Gasteiger partial charge in [-0.15, -0.1) is 22.7 Å². The number of anilines is 1. The molecule has 0 unspecified atom stereocenters. The van der Waals surface area contributed by atoms with E-state index >= 15 is 0 Å². The van der Waals surface area contributed by atoms with Gasteiger partial charge < -0.3 is 5.73 Å². The number of nitrogen functional groups attached to an aromatic ring is 1. The summed E-state index contributed by atoms with van der Waals surface area (Å²) < 4.78 is 3.70. The number of aromatic nitrogens is 2. The van der Waals surface area contributed by atoms with Gasteiger partial charge in [0.25, 0.3) is 0 Å². The van der Waals surface area contributed by atoms with E-state index < -0.39 is 0 Å². The topological polar surface area (TPSA) is 75.7 Å². The first-order valence-corrected chi connectivity index (χ1v) is 18.0. The number of rotatable bonds is 5. The Labute approximate surface area is 298 Å². The largest absolute Gasteiger partial charge is 0.397 e. The number of thiophene rings is 2. The van der Waals surface area contributed by atoms with Gasteiger partial charge in [-0.05, 0) is 36.8 Å². The molecule has 0 aliphatic rings. The van der Waals surface area contributed by atoms with E-state index in [1.54, 1.807) is 11.3 Å². The summed E-state index contributed by atoms with van der Waals surface area (Å²) in [5.41, 5.74) is 14.7. The first-order valence-electron chi connectivity index (χ1n) is 16.4. The summed E-state index contributed by atoms with van der Waals surface area (Å²) >= 11 is 3.41. The van der Waals surface area contributed by atoms with Crippen LogP contribution in [0.3, 0.4) is 0 Å². The Morgan fingerprint density at radius 1 is 0.560 bits per heavy atom. The maximum atomic E-state index is 8.27. The van der Waals surface area contributed by atoms with E-state index in [9.17, 15) is 0 Å². The molecule has 9 aromatic rings. The van der Waals surface area contributed by atoms with Crippen LogP contribution in [-0.4, -0.2) is 15.7 Å². The summed E-state index contributed by atoms with van der Waals surface area (Å²) in [4.78, 5) is 11.0. The van der Waals surface area contributed by atoms with Crippen molar-refractivity contribution in [2.75, 3.05) is 5.73 Å². The van der Waals surface area contributed by atoms with Crippen LogP contribution in [0.4, 0.5) is 5.69 Å². The highest BCUT2D eigenvalue weighted by molar-refractivity contribution is 7.26. The molecule has 3 aromatic heterocycles. The molecule has 4 nitrogen and oxygen atoms in total. The zero-order chi connectivity index (χ0) is 34.0. The lowest BCUT2D eigenvalue weighted by Crippen LogP contribution is -2.01. The lowest BCUT2D eigenvalue weighted by Gasteiger charge is -2.10. The number of benzene rings is 6. The second-order valence-electron chi connectivity index (χ2n) is 12.0. The van der Waals surface area contributed by atoms with Crippen molar-refractivity contribution in [3.05, 3.63) is 174 Å². The monoisotopic (exact) mass is 680 g/mol. The molecule has 0 aliphatic carbocycles. The number of aryl methyl sites for hydroxylation is 1. The molecule has 0 saturated carbocycles. The minimum absolute atomic E-state index is 0.495. The number of hydrogen-bond donors (Lipinski definition) is 2. The molecule has 3 heterocycles. The van der Waals surface area contributed by atoms with Gasteiger partial charge in [-0.3, -0.25) is 5.41 Å². The molecule has 6 aromatic carbocycles. The molecular formula is C44H32N4S2. The Morgan fingerprint density at radius 2 is 1.10 bits per heavy atom. The number of nitrogens with two attached hydrogens (primary N) is 1. The molecule has 3 N–H and O–H groups in total. The molecule has 0 atom stereocenters. The van der Waals surface area contributed by atoms with E-state index in [4.69, 9.17) is 21.1 Å². The fourth-order valence-corrected chi connectivity index (χ4v) is 8.60. The molecule has 0 bridgehead atoms. The van der Waals surface area contributed by atoms with E-state index in [-0.39, 0.29) is 0 Å². The van der Waals surface area contributed by atoms with Crippen molar-refractivity contribution in [2.24, 2.45) is 0 Å². The molecular weight excluding hydrogens is 649 g/mol. The Bertz CT molecular complexity index is 2570. The molecule has 0 saturated heterocycles. The first kappa shape index (κ1) is 31.3. The predicted octanol–water partition coefficient (Wildman–Crippen LogP) is 12.1. The highest BCUT2D eigenvalue weighted by Gasteiger charge is 2.17. The van der Waals surface area contributed by atoms with Crippen LogP contribution in [0.2, 0.25) is 0 Å². The average molecular weight is 681 g/mol. The minimum Gasteiger partial charge on any atom is -0.397 e. The lowest BCUT2D eigenvalue weighted by atomic mass is 10.0. The third kappa shape index (κ3) is 5.96. The van der Waals surface area contributed by atoms with Crippen LogP contribution in [0.15, 0.2) is 158 Å². The summed E-state index contributed by atoms with van der Waals surface area (Å²) in [5.74, 6) is 0.763. The molecule has 9 rings (SSSR count). The molecule has 6 heteroatoms. The summed E-state index contributed by atoms with van der Waals surface area (Å²) in [6.45, 7) is 2.18. The third-order valence-corrected chi connectivity index (χ3v) is 11.1. The fourth-order valence-electron chi connectivity index (χ4n) is 6.29. The van der Waals surface area contributed by atoms with Crippen molar-refractivity contribution in [3.8, 4) is 33.9 Å². The highest BCUT2D eigenvalue weighted by Crippen LogP contribution is 2.41. The molecule has 0 radical (unpaired) electrons. The predicted molar refractivity (Wildman–Crippen MR) is 215 cm³/mol. The number of hydrogen-bond acceptors (Lipinski definition) is 6. The van der Waals surface area contributed by atoms with Crippen LogP contribution < -0.4 is 5.73 Å². The summed E-state index contributed by atoms with van der Waals surface area (Å²) in [6.07, 6.45) is 0. The maximum absolute atomic E-state index is 8.27. The second-order valence-corrected chi connectivity index (χ2v) is 14.1. The van der Waals surface area contributed by atoms with Gasteiger partial charge in [0.15, 0.2) is 5.82 Å². The molecule has 0 fully saturated rings. The zero-order valence-electron chi connectivity index (χ0n) is 27.3. The van der Waals surface area contributed by atoms with Crippen molar-refractivity contribution in [3.63, 3.8) is 0 Å². The standard InChI is InChI=1S/C29H20N2S.C15H12N2S/c1-19-10-8-16-25-27(19)28-22(15-9-17-26(28)32-25)29-30-23(20-11-4-2-5-12-20)18-24(31-29)21-13-6-3-7-14-21;16-13(10-6-2-1-3-7-10)15-14(17)11-8-4-5-9-12(11)18-15/h2-18H,1H3;1-9,16H,17H2. The maximum Gasteiger partial charge on any atom is 0.161 e. The van der Waals surface area contributed by atoms with Gasteiger partial charge in [0.1, 0.15) is 0 Å². The fraction of sp³-hybridized carbons (Fsp3) is 0.0227. The Kier molecular flexibility index (Phi) is 8.47. The van der Waals surface area contributed by atoms with E-state index in [0.717, 1.165) is 54.4 Å². The van der Waals surface area contributed by atoms with Crippen molar-refractivity contribution in [1.82, 2.24) is 9.97 Å². The Hall–Kier alpha value is -5.95. The molecule has 0 spiro atoms.